The Kier molecular flexibility index (Phi) is 6.59. The van der Waals surface area contributed by atoms with Crippen LogP contribution in [0.15, 0.2) is 52.6 Å². The topological polar surface area (TPSA) is 132 Å². The van der Waals surface area contributed by atoms with Crippen molar-refractivity contribution in [1.29, 1.82) is 0 Å². The Labute approximate surface area is 189 Å². The van der Waals surface area contributed by atoms with E-state index in [0.29, 0.717) is 18.2 Å². The molecule has 11 heteroatoms. The molecule has 0 saturated heterocycles. The molecule has 1 atom stereocenters. The zero-order valence-corrected chi connectivity index (χ0v) is 18.6. The smallest absolute Gasteiger partial charge is 0.329 e. The van der Waals surface area contributed by atoms with Gasteiger partial charge >= 0.3 is 5.69 Å². The molecule has 4 rings (SSSR count). The van der Waals surface area contributed by atoms with Gasteiger partial charge in [-0.05, 0) is 31.0 Å². The van der Waals surface area contributed by atoms with Gasteiger partial charge in [0.15, 0.2) is 11.2 Å². The predicted molar refractivity (Wildman–Crippen MR) is 124 cm³/mol. The Morgan fingerprint density at radius 3 is 2.91 bits per heavy atom. The Balaban J connectivity index is 1.53. The highest BCUT2D eigenvalue weighted by Crippen LogP contribution is 2.17. The zero-order chi connectivity index (χ0) is 23.4. The molecule has 33 heavy (non-hydrogen) atoms. The van der Waals surface area contributed by atoms with Crippen molar-refractivity contribution >= 4 is 17.1 Å². The van der Waals surface area contributed by atoms with Crippen LogP contribution in [0.3, 0.4) is 0 Å². The van der Waals surface area contributed by atoms with E-state index in [0.717, 1.165) is 18.5 Å². The minimum atomic E-state index is -0.911. The molecule has 0 aliphatic rings. The van der Waals surface area contributed by atoms with E-state index in [-0.39, 0.29) is 24.3 Å². The number of rotatable bonds is 10. The molecule has 1 aromatic carbocycles. The third kappa shape index (κ3) is 5.14. The van der Waals surface area contributed by atoms with Crippen molar-refractivity contribution in [3.05, 3.63) is 69.4 Å². The monoisotopic (exact) mass is 453 g/mol. The molecule has 4 aromatic rings. The molecule has 0 unspecified atom stereocenters. The third-order valence-electron chi connectivity index (χ3n) is 5.27. The number of hydrogen-bond acceptors (Lipinski definition) is 7. The van der Waals surface area contributed by atoms with Crippen LogP contribution in [0.4, 0.5) is 5.95 Å². The summed E-state index contributed by atoms with van der Waals surface area (Å²) in [6, 6.07) is 7.54. The highest BCUT2D eigenvalue weighted by atomic mass is 16.5. The lowest BCUT2D eigenvalue weighted by molar-refractivity contribution is 0.0938. The molecule has 0 bridgehead atoms. The average molecular weight is 454 g/mol. The molecular formula is C22H27N7O4. The van der Waals surface area contributed by atoms with Gasteiger partial charge in [0.1, 0.15) is 18.5 Å². The number of aliphatic hydroxyl groups excluding tert-OH is 1. The number of aromatic amines is 1. The summed E-state index contributed by atoms with van der Waals surface area (Å²) in [6.07, 6.45) is 5.23. The average Bonchev–Trinajstić information content (AvgIpc) is 3.42. The minimum Gasteiger partial charge on any atom is -0.491 e. The number of fused-ring (bicyclic) bond motifs is 1. The fourth-order valence-corrected chi connectivity index (χ4v) is 3.59. The number of aliphatic hydroxyl groups is 1. The number of anilines is 1. The first-order chi connectivity index (χ1) is 15.9. The van der Waals surface area contributed by atoms with E-state index in [2.05, 4.69) is 20.3 Å². The molecule has 3 aromatic heterocycles. The van der Waals surface area contributed by atoms with Gasteiger partial charge in [-0.1, -0.05) is 12.1 Å². The molecule has 3 heterocycles. The molecule has 174 valence electrons. The van der Waals surface area contributed by atoms with Crippen molar-refractivity contribution in [2.45, 2.75) is 32.5 Å². The van der Waals surface area contributed by atoms with Gasteiger partial charge in [0.05, 0.1) is 12.9 Å². The standard InChI is InChI=1S/C22H27N7O4/c1-15-5-3-6-17(11-15)33-13-16(30)12-29-18-19(27(2)22(32)26-20(18)31)25-21(29)24-7-4-9-28-10-8-23-14-28/h3,5-6,8,10-11,14,16,30H,4,7,9,12-13H2,1-2H3,(H,24,25)(H,26,31,32)/t16-/m0/s1. The summed E-state index contributed by atoms with van der Waals surface area (Å²) in [7, 11) is 1.54. The number of imidazole rings is 2. The second kappa shape index (κ2) is 9.74. The maximum Gasteiger partial charge on any atom is 0.329 e. The highest BCUT2D eigenvalue weighted by Gasteiger charge is 2.19. The van der Waals surface area contributed by atoms with Gasteiger partial charge in [0.2, 0.25) is 5.95 Å². The maximum absolute atomic E-state index is 12.6. The molecule has 0 saturated carbocycles. The van der Waals surface area contributed by atoms with Gasteiger partial charge in [0.25, 0.3) is 5.56 Å². The zero-order valence-electron chi connectivity index (χ0n) is 18.6. The SMILES string of the molecule is Cc1cccc(OC[C@@H](O)Cn2c(NCCCn3ccnc3)nc3c2c(=O)[nH]c(=O)n3C)c1. The largest absolute Gasteiger partial charge is 0.491 e. The van der Waals surface area contributed by atoms with E-state index in [1.807, 2.05) is 42.0 Å². The fraction of sp³-hybridized carbons (Fsp3) is 0.364. The first-order valence-corrected chi connectivity index (χ1v) is 10.7. The van der Waals surface area contributed by atoms with Crippen LogP contribution in [0.1, 0.15) is 12.0 Å². The number of aryl methyl sites for hydroxylation is 3. The first-order valence-electron chi connectivity index (χ1n) is 10.7. The summed E-state index contributed by atoms with van der Waals surface area (Å²) >= 11 is 0. The Hall–Kier alpha value is -3.86. The van der Waals surface area contributed by atoms with Gasteiger partial charge in [-0.15, -0.1) is 0 Å². The van der Waals surface area contributed by atoms with Crippen molar-refractivity contribution in [3.8, 4) is 5.75 Å². The first kappa shape index (κ1) is 22.3. The predicted octanol–water partition coefficient (Wildman–Crippen LogP) is 0.870. The Morgan fingerprint density at radius 1 is 1.30 bits per heavy atom. The summed E-state index contributed by atoms with van der Waals surface area (Å²) in [5.41, 5.74) is 0.403. The van der Waals surface area contributed by atoms with Crippen LogP contribution in [0, 0.1) is 6.92 Å². The van der Waals surface area contributed by atoms with Crippen LogP contribution in [0.2, 0.25) is 0 Å². The van der Waals surface area contributed by atoms with Crippen molar-refractivity contribution in [2.75, 3.05) is 18.5 Å². The van der Waals surface area contributed by atoms with Crippen LogP contribution < -0.4 is 21.3 Å². The molecule has 3 N–H and O–H groups in total. The minimum absolute atomic E-state index is 0.0346. The Bertz CT molecular complexity index is 1340. The maximum atomic E-state index is 12.6. The fourth-order valence-electron chi connectivity index (χ4n) is 3.59. The van der Waals surface area contributed by atoms with Gasteiger partial charge in [-0.2, -0.15) is 4.98 Å². The number of aromatic nitrogens is 6. The van der Waals surface area contributed by atoms with Crippen LogP contribution in [0.25, 0.3) is 11.2 Å². The van der Waals surface area contributed by atoms with Crippen molar-refractivity contribution in [3.63, 3.8) is 0 Å². The van der Waals surface area contributed by atoms with Gasteiger partial charge < -0.3 is 24.3 Å². The van der Waals surface area contributed by atoms with Crippen LogP contribution >= 0.6 is 0 Å². The van der Waals surface area contributed by atoms with Crippen LogP contribution in [-0.2, 0) is 20.1 Å². The molecule has 0 amide bonds. The van der Waals surface area contributed by atoms with Gasteiger partial charge in [-0.3, -0.25) is 14.3 Å². The second-order valence-corrected chi connectivity index (χ2v) is 7.90. The molecule has 0 aliphatic carbocycles. The highest BCUT2D eigenvalue weighted by molar-refractivity contribution is 5.74. The number of nitrogens with zero attached hydrogens (tertiary/aromatic N) is 5. The molecule has 0 spiro atoms. The van der Waals surface area contributed by atoms with E-state index in [1.54, 1.807) is 17.1 Å². The van der Waals surface area contributed by atoms with Crippen LogP contribution in [-0.4, -0.2) is 53.0 Å². The summed E-state index contributed by atoms with van der Waals surface area (Å²) < 4.78 is 10.5. The Morgan fingerprint density at radius 2 is 2.15 bits per heavy atom. The second-order valence-electron chi connectivity index (χ2n) is 7.90. The van der Waals surface area contributed by atoms with E-state index in [1.165, 1.54) is 11.6 Å². The van der Waals surface area contributed by atoms with E-state index < -0.39 is 17.4 Å². The van der Waals surface area contributed by atoms with Crippen molar-refractivity contribution < 1.29 is 9.84 Å². The van der Waals surface area contributed by atoms with E-state index in [9.17, 15) is 14.7 Å². The molecule has 0 aliphatic heterocycles. The number of nitrogens with one attached hydrogen (secondary N) is 2. The number of benzene rings is 1. The molecule has 11 nitrogen and oxygen atoms in total. The van der Waals surface area contributed by atoms with Gasteiger partial charge in [-0.25, -0.2) is 9.78 Å². The molecule has 0 fully saturated rings. The quantitative estimate of drug-likeness (QED) is 0.304. The summed E-state index contributed by atoms with van der Waals surface area (Å²) in [6.45, 7) is 3.39. The lowest BCUT2D eigenvalue weighted by Gasteiger charge is -2.16. The summed E-state index contributed by atoms with van der Waals surface area (Å²) in [5, 5.41) is 13.9. The molecule has 0 radical (unpaired) electrons. The molecular weight excluding hydrogens is 426 g/mol. The number of ether oxygens (including phenoxy) is 1. The number of hydrogen-bond donors (Lipinski definition) is 3. The van der Waals surface area contributed by atoms with Crippen LogP contribution in [0.5, 0.6) is 5.75 Å². The van der Waals surface area contributed by atoms with Gasteiger partial charge in [0, 0.05) is 32.5 Å². The summed E-state index contributed by atoms with van der Waals surface area (Å²) in [4.78, 5) is 35.4. The lowest BCUT2D eigenvalue weighted by atomic mass is 10.2. The summed E-state index contributed by atoms with van der Waals surface area (Å²) in [5.74, 6) is 1.06. The number of H-pyrrole nitrogens is 1. The van der Waals surface area contributed by atoms with E-state index >= 15 is 0 Å². The van der Waals surface area contributed by atoms with E-state index in [4.69, 9.17) is 4.74 Å². The third-order valence-corrected chi connectivity index (χ3v) is 5.27. The lowest BCUT2D eigenvalue weighted by Crippen LogP contribution is -2.31. The van der Waals surface area contributed by atoms with Crippen molar-refractivity contribution in [2.24, 2.45) is 7.05 Å². The van der Waals surface area contributed by atoms with Crippen molar-refractivity contribution in [1.82, 2.24) is 28.7 Å². The normalized spacial score (nSPS) is 12.2.